The third kappa shape index (κ3) is 1.41. The van der Waals surface area contributed by atoms with Gasteiger partial charge < -0.3 is 4.74 Å². The van der Waals surface area contributed by atoms with Crippen molar-refractivity contribution < 1.29 is 4.74 Å². The van der Waals surface area contributed by atoms with Crippen LogP contribution < -0.4 is 0 Å². The summed E-state index contributed by atoms with van der Waals surface area (Å²) in [5, 5.41) is 0. The van der Waals surface area contributed by atoms with Gasteiger partial charge in [0.15, 0.2) is 0 Å². The summed E-state index contributed by atoms with van der Waals surface area (Å²) in [4.78, 5) is 0. The molecule has 17 heavy (non-hydrogen) atoms. The Morgan fingerprint density at radius 3 is 2.71 bits per heavy atom. The van der Waals surface area contributed by atoms with E-state index in [1.165, 1.54) is 25.7 Å². The van der Waals surface area contributed by atoms with Crippen molar-refractivity contribution in [2.45, 2.75) is 32.6 Å². The van der Waals surface area contributed by atoms with Gasteiger partial charge in [0.1, 0.15) is 0 Å². The van der Waals surface area contributed by atoms with Crippen molar-refractivity contribution in [2.24, 2.45) is 41.4 Å². The number of allylic oxidation sites excluding steroid dienone is 2. The highest BCUT2D eigenvalue weighted by atomic mass is 16.5. The van der Waals surface area contributed by atoms with E-state index in [0.29, 0.717) is 0 Å². The molecule has 0 heterocycles. The molecular formula is C16H24O. The molecule has 0 spiro atoms. The average molecular weight is 232 g/mol. The Labute approximate surface area is 105 Å². The zero-order valence-corrected chi connectivity index (χ0v) is 10.8. The van der Waals surface area contributed by atoms with Gasteiger partial charge in [-0.25, -0.2) is 0 Å². The number of fused-ring (bicyclic) bond motifs is 9. The van der Waals surface area contributed by atoms with Crippen molar-refractivity contribution in [3.05, 3.63) is 12.2 Å². The molecule has 0 amide bonds. The SMILES string of the molecule is CCCOCC1CC2CC1C1C3C=CC(C3)C21. The molecule has 4 aliphatic carbocycles. The first-order valence-corrected chi connectivity index (χ1v) is 7.64. The van der Waals surface area contributed by atoms with Crippen LogP contribution in [0.4, 0.5) is 0 Å². The Balaban J connectivity index is 1.46. The van der Waals surface area contributed by atoms with Gasteiger partial charge in [0.2, 0.25) is 0 Å². The Kier molecular flexibility index (Phi) is 2.40. The van der Waals surface area contributed by atoms with Crippen LogP contribution >= 0.6 is 0 Å². The van der Waals surface area contributed by atoms with Gasteiger partial charge in [0, 0.05) is 13.2 Å². The third-order valence-corrected chi connectivity index (χ3v) is 6.09. The van der Waals surface area contributed by atoms with Crippen LogP contribution in [0.25, 0.3) is 0 Å². The summed E-state index contributed by atoms with van der Waals surface area (Å²) in [7, 11) is 0. The van der Waals surface area contributed by atoms with Gasteiger partial charge in [-0.15, -0.1) is 0 Å². The van der Waals surface area contributed by atoms with E-state index in [4.69, 9.17) is 4.74 Å². The number of hydrogen-bond acceptors (Lipinski definition) is 1. The van der Waals surface area contributed by atoms with E-state index in [2.05, 4.69) is 19.1 Å². The second-order valence-corrected chi connectivity index (χ2v) is 6.83. The lowest BCUT2D eigenvalue weighted by Crippen LogP contribution is -2.32. The van der Waals surface area contributed by atoms with Crippen LogP contribution in [-0.4, -0.2) is 13.2 Å². The Hall–Kier alpha value is -0.300. The maximum absolute atomic E-state index is 5.83. The molecule has 1 heteroatoms. The second kappa shape index (κ2) is 3.85. The summed E-state index contributed by atoms with van der Waals surface area (Å²) < 4.78 is 5.83. The molecule has 0 aromatic rings. The monoisotopic (exact) mass is 232 g/mol. The molecule has 0 saturated heterocycles. The molecule has 0 radical (unpaired) electrons. The molecule has 4 rings (SSSR count). The first kappa shape index (κ1) is 10.6. The molecular weight excluding hydrogens is 208 g/mol. The quantitative estimate of drug-likeness (QED) is 0.409. The summed E-state index contributed by atoms with van der Waals surface area (Å²) in [5.41, 5.74) is 0. The zero-order chi connectivity index (χ0) is 11.4. The van der Waals surface area contributed by atoms with Crippen molar-refractivity contribution in [2.75, 3.05) is 13.2 Å². The van der Waals surface area contributed by atoms with E-state index >= 15 is 0 Å². The second-order valence-electron chi connectivity index (χ2n) is 6.83. The summed E-state index contributed by atoms with van der Waals surface area (Å²) in [6, 6.07) is 0. The Morgan fingerprint density at radius 2 is 1.88 bits per heavy atom. The molecule has 1 nitrogen and oxygen atoms in total. The normalized spacial score (nSPS) is 53.6. The van der Waals surface area contributed by atoms with E-state index in [9.17, 15) is 0 Å². The molecule has 0 aromatic heterocycles. The number of ether oxygens (including phenoxy) is 1. The van der Waals surface area contributed by atoms with E-state index in [0.717, 1.165) is 54.6 Å². The molecule has 94 valence electrons. The summed E-state index contributed by atoms with van der Waals surface area (Å²) >= 11 is 0. The molecule has 3 saturated carbocycles. The lowest BCUT2D eigenvalue weighted by molar-refractivity contribution is 0.0472. The van der Waals surface area contributed by atoms with Crippen LogP contribution in [0.1, 0.15) is 32.6 Å². The van der Waals surface area contributed by atoms with E-state index < -0.39 is 0 Å². The van der Waals surface area contributed by atoms with Crippen molar-refractivity contribution in [3.63, 3.8) is 0 Å². The minimum atomic E-state index is 0.903. The van der Waals surface area contributed by atoms with Crippen molar-refractivity contribution in [1.82, 2.24) is 0 Å². The molecule has 0 aliphatic heterocycles. The molecule has 4 bridgehead atoms. The van der Waals surface area contributed by atoms with Crippen molar-refractivity contribution >= 4 is 0 Å². The lowest BCUT2D eigenvalue weighted by Gasteiger charge is -2.36. The fourth-order valence-corrected chi connectivity index (χ4v) is 5.72. The molecule has 7 atom stereocenters. The van der Waals surface area contributed by atoms with E-state index in [1.807, 2.05) is 0 Å². The highest BCUT2D eigenvalue weighted by Gasteiger charge is 2.60. The largest absolute Gasteiger partial charge is 0.381 e. The highest BCUT2D eigenvalue weighted by molar-refractivity contribution is 5.20. The smallest absolute Gasteiger partial charge is 0.0497 e. The number of hydrogen-bond donors (Lipinski definition) is 0. The standard InChI is InChI=1S/C16H24O/c1-2-5-17-9-13-7-12-8-14(13)16-11-4-3-10(6-11)15(12)16/h3-4,10-16H,2,5-9H2,1H3. The molecule has 4 aliphatic rings. The predicted molar refractivity (Wildman–Crippen MR) is 68.5 cm³/mol. The number of rotatable bonds is 4. The van der Waals surface area contributed by atoms with Crippen molar-refractivity contribution in [3.8, 4) is 0 Å². The third-order valence-electron chi connectivity index (χ3n) is 6.09. The summed E-state index contributed by atoms with van der Waals surface area (Å²) in [5.74, 6) is 7.03. The molecule has 7 unspecified atom stereocenters. The van der Waals surface area contributed by atoms with Crippen LogP contribution in [0.5, 0.6) is 0 Å². The molecule has 3 fully saturated rings. The van der Waals surface area contributed by atoms with Gasteiger partial charge >= 0.3 is 0 Å². The zero-order valence-electron chi connectivity index (χ0n) is 10.8. The molecule has 0 aromatic carbocycles. The van der Waals surface area contributed by atoms with Gasteiger partial charge in [-0.1, -0.05) is 19.1 Å². The topological polar surface area (TPSA) is 9.23 Å². The summed E-state index contributed by atoms with van der Waals surface area (Å²) in [6.07, 6.45) is 10.7. The predicted octanol–water partition coefficient (Wildman–Crippen LogP) is 3.51. The fraction of sp³-hybridized carbons (Fsp3) is 0.875. The first-order valence-electron chi connectivity index (χ1n) is 7.64. The minimum Gasteiger partial charge on any atom is -0.381 e. The Morgan fingerprint density at radius 1 is 1.06 bits per heavy atom. The van der Waals surface area contributed by atoms with Crippen LogP contribution in [0.15, 0.2) is 12.2 Å². The van der Waals surface area contributed by atoms with Gasteiger partial charge in [-0.3, -0.25) is 0 Å². The van der Waals surface area contributed by atoms with Gasteiger partial charge in [-0.05, 0) is 67.1 Å². The van der Waals surface area contributed by atoms with Crippen LogP contribution in [0.3, 0.4) is 0 Å². The van der Waals surface area contributed by atoms with Gasteiger partial charge in [-0.2, -0.15) is 0 Å². The highest BCUT2D eigenvalue weighted by Crippen LogP contribution is 2.66. The average Bonchev–Trinajstić information content (AvgIpc) is 3.07. The molecule has 0 N–H and O–H groups in total. The van der Waals surface area contributed by atoms with E-state index in [-0.39, 0.29) is 0 Å². The van der Waals surface area contributed by atoms with Crippen LogP contribution in [0, 0.1) is 41.4 Å². The van der Waals surface area contributed by atoms with Gasteiger partial charge in [0.25, 0.3) is 0 Å². The van der Waals surface area contributed by atoms with Crippen molar-refractivity contribution in [1.29, 1.82) is 0 Å². The van der Waals surface area contributed by atoms with Crippen LogP contribution in [0.2, 0.25) is 0 Å². The van der Waals surface area contributed by atoms with Gasteiger partial charge in [0.05, 0.1) is 0 Å². The lowest BCUT2D eigenvalue weighted by atomic mass is 9.69. The van der Waals surface area contributed by atoms with E-state index in [1.54, 1.807) is 0 Å². The maximum Gasteiger partial charge on any atom is 0.0497 e. The summed E-state index contributed by atoms with van der Waals surface area (Å²) in [6.45, 7) is 4.23. The fourth-order valence-electron chi connectivity index (χ4n) is 5.72. The van der Waals surface area contributed by atoms with Crippen LogP contribution in [-0.2, 0) is 4.74 Å². The first-order chi connectivity index (χ1) is 8.38. The minimum absolute atomic E-state index is 0.903. The Bertz CT molecular complexity index is 334. The maximum atomic E-state index is 5.83.